The lowest BCUT2D eigenvalue weighted by Crippen LogP contribution is -2.44. The molecule has 28 nitrogen and oxygen atoms in total. The Labute approximate surface area is 651 Å². The monoisotopic (exact) mass is 1530 g/mol. The lowest BCUT2D eigenvalue weighted by Gasteiger charge is -2.33. The number of nitrogens with zero attached hydrogens (tertiary/aromatic N) is 19. The van der Waals surface area contributed by atoms with Gasteiger partial charge in [0.2, 0.25) is 23.4 Å². The Hall–Kier alpha value is -11.4. The summed E-state index contributed by atoms with van der Waals surface area (Å²) in [6, 6.07) is 32.6. The number of ketones is 4. The molecule has 0 aliphatic carbocycles. The molecule has 0 bridgehead atoms. The van der Waals surface area contributed by atoms with Gasteiger partial charge < -0.3 is 52.3 Å². The number of piperazine rings is 2. The molecule has 111 heavy (non-hydrogen) atoms. The molecule has 0 saturated carbocycles. The Morgan fingerprint density at radius 2 is 0.802 bits per heavy atom. The standard InChI is InChI=1S/C21H24N6O2.C21H23N5OS.C20H21N5O3.C19H19N3O3S/c1-26-10-12-27(13-11-26)19-4-2-16(15-23-19)14-18(28)3-5-20-24-21(25-29-20)17-6-8-22-9-7-17;1-25-8-10-26(11-9-25)20-6-5-16(14-23-20)12-18(27)13-17-15-28-21(24-17)19-4-2-3-7-22-19;26-17(2-4-19-23-20(24-28-19)16-5-7-21-8-6-16)13-15-1-3-18(22-14-15)25-9-11-27-12-10-25;23-16(11-15-13-26-19(21-15)17-2-1-7-25-17)10-14-3-4-18(20-12-14)22-5-8-24-9-6-22/h2,4,6-9,15H,3,5,10-14H2,1H3;2-7,14-15H,8-13H2,1H3;1,3,5-8,14H,2,4,9-13H2;1-4,7,12-13H,5-6,8-11H2. The van der Waals surface area contributed by atoms with E-state index in [-0.39, 0.29) is 23.1 Å². The van der Waals surface area contributed by atoms with Crippen LogP contribution in [0.4, 0.5) is 23.3 Å². The predicted octanol–water partition coefficient (Wildman–Crippen LogP) is 9.83. The van der Waals surface area contributed by atoms with E-state index in [4.69, 9.17) is 22.9 Å². The highest BCUT2D eigenvalue weighted by Crippen LogP contribution is 2.27. The minimum atomic E-state index is 0.115. The molecular formula is C81H87N19O9S2. The zero-order valence-electron chi connectivity index (χ0n) is 62.1. The van der Waals surface area contributed by atoms with Crippen LogP contribution in [0.2, 0.25) is 0 Å². The molecule has 12 aromatic rings. The van der Waals surface area contributed by atoms with Crippen LogP contribution in [0.5, 0.6) is 0 Å². The third-order valence-corrected chi connectivity index (χ3v) is 20.5. The Bertz CT molecular complexity index is 4840. The largest absolute Gasteiger partial charge is 0.462 e. The van der Waals surface area contributed by atoms with Crippen LogP contribution in [0.1, 0.15) is 58.3 Å². The molecule has 4 aliphatic rings. The predicted molar refractivity (Wildman–Crippen MR) is 422 cm³/mol. The number of aromatic nitrogens is 13. The zero-order chi connectivity index (χ0) is 76.4. The Kier molecular flexibility index (Phi) is 27.9. The average Bonchev–Trinajstić information content (AvgIpc) is 1.12. The second kappa shape index (κ2) is 39.8. The Morgan fingerprint density at radius 1 is 0.396 bits per heavy atom. The number of furan rings is 1. The van der Waals surface area contributed by atoms with Gasteiger partial charge in [0.05, 0.1) is 49.8 Å². The van der Waals surface area contributed by atoms with E-state index in [1.807, 2.05) is 120 Å². The second-order valence-corrected chi connectivity index (χ2v) is 28.8. The zero-order valence-corrected chi connectivity index (χ0v) is 63.7. The number of anilines is 4. The van der Waals surface area contributed by atoms with Crippen molar-refractivity contribution in [2.24, 2.45) is 0 Å². The summed E-state index contributed by atoms with van der Waals surface area (Å²) >= 11 is 3.01. The van der Waals surface area contributed by atoms with Crippen LogP contribution in [-0.4, -0.2) is 217 Å². The first-order valence-corrected chi connectivity index (χ1v) is 38.8. The molecule has 16 heterocycles. The van der Waals surface area contributed by atoms with Crippen molar-refractivity contribution in [3.05, 3.63) is 221 Å². The average molecular weight is 1530 g/mol. The van der Waals surface area contributed by atoms with E-state index in [2.05, 4.69) is 109 Å². The summed E-state index contributed by atoms with van der Waals surface area (Å²) in [4.78, 5) is 111. The first-order chi connectivity index (χ1) is 54.4. The molecule has 0 unspecified atom stereocenters. The van der Waals surface area contributed by atoms with Crippen molar-refractivity contribution < 1.29 is 42.1 Å². The smallest absolute Gasteiger partial charge is 0.227 e. The van der Waals surface area contributed by atoms with Crippen molar-refractivity contribution in [3.8, 4) is 44.2 Å². The van der Waals surface area contributed by atoms with Crippen molar-refractivity contribution in [1.29, 1.82) is 0 Å². The molecule has 4 aliphatic heterocycles. The molecule has 4 fully saturated rings. The van der Waals surface area contributed by atoms with E-state index >= 15 is 0 Å². The summed E-state index contributed by atoms with van der Waals surface area (Å²) < 4.78 is 26.5. The van der Waals surface area contributed by atoms with Gasteiger partial charge in [-0.2, -0.15) is 9.97 Å². The van der Waals surface area contributed by atoms with Crippen LogP contribution in [-0.2, 0) is 80.0 Å². The number of carbonyl (C=O) groups excluding carboxylic acids is 4. The van der Waals surface area contributed by atoms with Gasteiger partial charge in [-0.25, -0.2) is 29.9 Å². The summed E-state index contributed by atoms with van der Waals surface area (Å²) in [7, 11) is 4.27. The van der Waals surface area contributed by atoms with Crippen molar-refractivity contribution in [2.75, 3.05) is 139 Å². The molecule has 0 radical (unpaired) electrons. The van der Waals surface area contributed by atoms with Gasteiger partial charge in [-0.1, -0.05) is 40.6 Å². The van der Waals surface area contributed by atoms with Gasteiger partial charge >= 0.3 is 0 Å². The van der Waals surface area contributed by atoms with Crippen LogP contribution in [0.15, 0.2) is 189 Å². The minimum absolute atomic E-state index is 0.115. The molecular weight excluding hydrogens is 1450 g/mol. The highest BCUT2D eigenvalue weighted by atomic mass is 32.1. The molecule has 0 spiro atoms. The SMILES string of the molecule is CN1CCN(c2ccc(CC(=O)CCc3nc(-c4ccncc4)no3)cn2)CC1.CN1CCN(c2ccc(CC(=O)Cc3csc(-c4ccccn4)n3)cn2)CC1.O=C(CCc1nc(-c2ccncc2)no1)Cc1ccc(N2CCOCC2)nc1.O=C(Cc1ccc(N2CCOCC2)nc1)Cc1csc(-c2ccco2)n1. The van der Waals surface area contributed by atoms with Gasteiger partial charge in [0.25, 0.3) is 0 Å². The molecule has 0 N–H and O–H groups in total. The number of morpholine rings is 2. The first-order valence-electron chi connectivity index (χ1n) is 37.1. The maximum atomic E-state index is 12.5. The molecule has 12 aromatic heterocycles. The number of pyridine rings is 7. The Balaban J connectivity index is 0.000000130. The third-order valence-electron chi connectivity index (χ3n) is 18.7. The van der Waals surface area contributed by atoms with Crippen LogP contribution >= 0.6 is 22.7 Å². The normalized spacial score (nSPS) is 14.6. The maximum Gasteiger partial charge on any atom is 0.227 e. The van der Waals surface area contributed by atoms with Crippen molar-refractivity contribution in [1.82, 2.24) is 74.9 Å². The van der Waals surface area contributed by atoms with Crippen LogP contribution < -0.4 is 19.6 Å². The number of aryl methyl sites for hydroxylation is 2. The van der Waals surface area contributed by atoms with Gasteiger partial charge in [-0.05, 0) is 109 Å². The molecule has 572 valence electrons. The van der Waals surface area contributed by atoms with E-state index < -0.39 is 0 Å². The number of ether oxygens (including phenoxy) is 2. The van der Waals surface area contributed by atoms with Crippen molar-refractivity contribution in [3.63, 3.8) is 0 Å². The fourth-order valence-corrected chi connectivity index (χ4v) is 14.0. The first kappa shape index (κ1) is 77.7. The van der Waals surface area contributed by atoms with Gasteiger partial charge in [-0.3, -0.25) is 34.1 Å². The maximum absolute atomic E-state index is 12.5. The number of thiazole rings is 2. The Morgan fingerprint density at radius 3 is 1.19 bits per heavy atom. The number of rotatable bonds is 26. The minimum Gasteiger partial charge on any atom is -0.462 e. The third kappa shape index (κ3) is 23.6. The number of likely N-dealkylation sites (N-methyl/N-ethyl adjacent to an activating group) is 2. The van der Waals surface area contributed by atoms with Crippen LogP contribution in [0, 0.1) is 0 Å². The van der Waals surface area contributed by atoms with Gasteiger partial charge in [-0.15, -0.1) is 22.7 Å². The van der Waals surface area contributed by atoms with Crippen LogP contribution in [0.25, 0.3) is 44.2 Å². The van der Waals surface area contributed by atoms with Gasteiger partial charge in [0.15, 0.2) is 10.8 Å². The van der Waals surface area contributed by atoms with E-state index in [1.165, 1.54) is 22.7 Å². The summed E-state index contributed by atoms with van der Waals surface area (Å²) in [5, 5.41) is 13.4. The number of Topliss-reactive ketones (excluding diaryl/α,β-unsaturated/α-hetero) is 4. The second-order valence-electron chi connectivity index (χ2n) is 27.1. The van der Waals surface area contributed by atoms with E-state index in [0.29, 0.717) is 87.6 Å². The highest BCUT2D eigenvalue weighted by molar-refractivity contribution is 7.13. The molecule has 4 saturated heterocycles. The summed E-state index contributed by atoms with van der Waals surface area (Å²) in [5.41, 5.74) is 7.81. The number of carbonyl (C=O) groups is 4. The quantitative estimate of drug-likeness (QED) is 0.0486. The summed E-state index contributed by atoms with van der Waals surface area (Å²) in [5.74, 6) is 7.02. The van der Waals surface area contributed by atoms with E-state index in [0.717, 1.165) is 194 Å². The topological polar surface area (TPSA) is 313 Å². The summed E-state index contributed by atoms with van der Waals surface area (Å²) in [6.07, 6.45) is 21.0. The number of hydrogen-bond donors (Lipinski definition) is 0. The molecule has 0 aromatic carbocycles. The van der Waals surface area contributed by atoms with Gasteiger partial charge in [0, 0.05) is 220 Å². The number of hydrogen-bond acceptors (Lipinski definition) is 30. The molecule has 30 heteroatoms. The van der Waals surface area contributed by atoms with E-state index in [9.17, 15) is 19.2 Å². The fraction of sp³-hybridized carbons (Fsp3) is 0.346. The molecule has 0 atom stereocenters. The lowest BCUT2D eigenvalue weighted by atomic mass is 10.1. The molecule has 16 rings (SSSR count). The highest BCUT2D eigenvalue weighted by Gasteiger charge is 2.22. The van der Waals surface area contributed by atoms with E-state index in [1.54, 1.807) is 55.8 Å². The van der Waals surface area contributed by atoms with Crippen LogP contribution in [0.3, 0.4) is 0 Å². The van der Waals surface area contributed by atoms with Gasteiger partial charge in [0.1, 0.15) is 51.4 Å². The van der Waals surface area contributed by atoms with Crippen molar-refractivity contribution in [2.45, 2.75) is 64.2 Å². The summed E-state index contributed by atoms with van der Waals surface area (Å²) in [6.45, 7) is 14.4. The molecule has 0 amide bonds. The lowest BCUT2D eigenvalue weighted by molar-refractivity contribution is -0.119. The fourth-order valence-electron chi connectivity index (χ4n) is 12.4. The van der Waals surface area contributed by atoms with Crippen molar-refractivity contribution >= 4 is 69.1 Å².